The van der Waals surface area contributed by atoms with Crippen molar-refractivity contribution in [3.63, 3.8) is 0 Å². The van der Waals surface area contributed by atoms with Crippen LogP contribution in [0.5, 0.6) is 0 Å². The molecule has 0 aliphatic heterocycles. The lowest BCUT2D eigenvalue weighted by Crippen LogP contribution is -2.22. The summed E-state index contributed by atoms with van der Waals surface area (Å²) in [4.78, 5) is 30.2. The molecule has 0 atom stereocenters. The Hall–Kier alpha value is -3.71. The van der Waals surface area contributed by atoms with E-state index in [1.165, 1.54) is 28.5 Å². The second-order valence-electron chi connectivity index (χ2n) is 7.77. The fourth-order valence-electron chi connectivity index (χ4n) is 3.84. The van der Waals surface area contributed by atoms with Crippen LogP contribution in [0.25, 0.3) is 27.6 Å². The molecule has 0 aliphatic rings. The van der Waals surface area contributed by atoms with E-state index in [0.29, 0.717) is 27.4 Å². The largest absolute Gasteiger partial charge is 0.422 e. The first-order valence-corrected chi connectivity index (χ1v) is 11.3. The Morgan fingerprint density at radius 3 is 2.55 bits per heavy atom. The number of aryl methyl sites for hydroxylation is 2. The molecular weight excluding hydrogens is 439 g/mol. The highest BCUT2D eigenvalue weighted by atomic mass is 32.2. The summed E-state index contributed by atoms with van der Waals surface area (Å²) in [6, 6.07) is 18.5. The minimum atomic E-state index is -0.518. The van der Waals surface area contributed by atoms with E-state index in [0.717, 1.165) is 22.1 Å². The van der Waals surface area contributed by atoms with Crippen molar-refractivity contribution >= 4 is 33.6 Å². The summed E-state index contributed by atoms with van der Waals surface area (Å²) in [5.74, 6) is -0.167. The summed E-state index contributed by atoms with van der Waals surface area (Å²) in [6.07, 6.45) is 0. The van der Waals surface area contributed by atoms with Gasteiger partial charge in [0.05, 0.1) is 16.6 Å². The van der Waals surface area contributed by atoms with Gasteiger partial charge in [-0.1, -0.05) is 48.2 Å². The normalized spacial score (nSPS) is 11.4. The summed E-state index contributed by atoms with van der Waals surface area (Å²) >= 11 is 1.27. The number of hydrogen-bond acceptors (Lipinski definition) is 5. The number of thioether (sulfide) groups is 1. The van der Waals surface area contributed by atoms with Gasteiger partial charge >= 0.3 is 5.63 Å². The summed E-state index contributed by atoms with van der Waals surface area (Å²) in [6.45, 7) is 3.88. The number of rotatable bonds is 4. The molecule has 33 heavy (non-hydrogen) atoms. The topological polar surface area (TPSA) is 65.1 Å². The molecule has 0 N–H and O–H groups in total. The minimum absolute atomic E-state index is 0.132. The van der Waals surface area contributed by atoms with Crippen molar-refractivity contribution in [3.8, 4) is 5.69 Å². The van der Waals surface area contributed by atoms with Crippen LogP contribution in [0.4, 0.5) is 4.39 Å². The third-order valence-corrected chi connectivity index (χ3v) is 6.70. The molecule has 5 aromatic rings. The summed E-state index contributed by atoms with van der Waals surface area (Å²) in [5, 5.41) is 1.57. The van der Waals surface area contributed by atoms with Crippen LogP contribution in [0, 0.1) is 19.7 Å². The van der Waals surface area contributed by atoms with Crippen LogP contribution in [0.1, 0.15) is 16.7 Å². The molecule has 0 bridgehead atoms. The predicted octanol–water partition coefficient (Wildman–Crippen LogP) is 5.54. The highest BCUT2D eigenvalue weighted by molar-refractivity contribution is 7.98. The molecule has 0 fully saturated rings. The minimum Gasteiger partial charge on any atom is -0.422 e. The number of nitrogens with zero attached hydrogens (tertiary/aromatic N) is 2. The van der Waals surface area contributed by atoms with Gasteiger partial charge in [0.25, 0.3) is 5.56 Å². The Labute approximate surface area is 192 Å². The lowest BCUT2D eigenvalue weighted by atomic mass is 10.0. The Bertz CT molecular complexity index is 1660. The first-order valence-electron chi connectivity index (χ1n) is 10.4. The number of halogens is 1. The zero-order valence-corrected chi connectivity index (χ0v) is 18.8. The zero-order valence-electron chi connectivity index (χ0n) is 18.0. The van der Waals surface area contributed by atoms with E-state index in [-0.39, 0.29) is 11.2 Å². The lowest BCUT2D eigenvalue weighted by molar-refractivity contribution is 0.557. The molecule has 2 aromatic heterocycles. The fraction of sp³-hybridized carbons (Fsp3) is 0.115. The molecule has 0 aliphatic carbocycles. The first kappa shape index (κ1) is 21.2. The van der Waals surface area contributed by atoms with Crippen molar-refractivity contribution in [1.29, 1.82) is 0 Å². The number of hydrogen-bond donors (Lipinski definition) is 0. The van der Waals surface area contributed by atoms with Crippen molar-refractivity contribution in [2.45, 2.75) is 24.8 Å². The van der Waals surface area contributed by atoms with Crippen LogP contribution < -0.4 is 11.2 Å². The fourth-order valence-corrected chi connectivity index (χ4v) is 4.84. The summed E-state index contributed by atoms with van der Waals surface area (Å²) in [7, 11) is 0. The molecule has 5 nitrogen and oxygen atoms in total. The van der Waals surface area contributed by atoms with Gasteiger partial charge in [-0.15, -0.1) is 0 Å². The lowest BCUT2D eigenvalue weighted by Gasteiger charge is -2.14. The molecule has 0 saturated heterocycles. The second-order valence-corrected chi connectivity index (χ2v) is 8.71. The van der Waals surface area contributed by atoms with Crippen LogP contribution >= 0.6 is 11.8 Å². The maximum atomic E-state index is 14.7. The van der Waals surface area contributed by atoms with E-state index in [1.807, 2.05) is 26.0 Å². The first-order chi connectivity index (χ1) is 15.9. The van der Waals surface area contributed by atoms with Crippen molar-refractivity contribution in [3.05, 3.63) is 110 Å². The SMILES string of the molecule is Cc1ccc2c(CSc3nc4ccccc4c(=O)n3-c3ccccc3F)cc(=O)oc2c1C. The molecule has 2 heterocycles. The van der Waals surface area contributed by atoms with Crippen LogP contribution in [0.3, 0.4) is 0 Å². The number of benzene rings is 3. The van der Waals surface area contributed by atoms with Crippen molar-refractivity contribution in [1.82, 2.24) is 9.55 Å². The van der Waals surface area contributed by atoms with E-state index in [9.17, 15) is 14.0 Å². The molecule has 164 valence electrons. The smallest absolute Gasteiger partial charge is 0.336 e. The van der Waals surface area contributed by atoms with Gasteiger partial charge in [0, 0.05) is 17.2 Å². The number of para-hydroxylation sites is 2. The van der Waals surface area contributed by atoms with E-state index < -0.39 is 11.4 Å². The zero-order chi connectivity index (χ0) is 23.1. The van der Waals surface area contributed by atoms with E-state index in [4.69, 9.17) is 4.42 Å². The second kappa shape index (κ2) is 8.33. The van der Waals surface area contributed by atoms with Gasteiger partial charge in [-0.3, -0.25) is 9.36 Å². The molecule has 3 aromatic carbocycles. The molecular formula is C26H19FN2O3S. The Morgan fingerprint density at radius 1 is 0.970 bits per heavy atom. The number of aromatic nitrogens is 2. The van der Waals surface area contributed by atoms with Gasteiger partial charge < -0.3 is 4.42 Å². The van der Waals surface area contributed by atoms with Crippen LogP contribution in [-0.2, 0) is 5.75 Å². The van der Waals surface area contributed by atoms with Crippen molar-refractivity contribution in [2.24, 2.45) is 0 Å². The quantitative estimate of drug-likeness (QED) is 0.201. The van der Waals surface area contributed by atoms with E-state index in [1.54, 1.807) is 42.5 Å². The molecule has 0 amide bonds. The molecule has 0 radical (unpaired) electrons. The molecule has 7 heteroatoms. The highest BCUT2D eigenvalue weighted by Gasteiger charge is 2.17. The monoisotopic (exact) mass is 458 g/mol. The van der Waals surface area contributed by atoms with E-state index >= 15 is 0 Å². The Morgan fingerprint density at radius 2 is 1.73 bits per heavy atom. The van der Waals surface area contributed by atoms with Crippen LogP contribution in [0.2, 0.25) is 0 Å². The van der Waals surface area contributed by atoms with Gasteiger partial charge in [0.15, 0.2) is 5.16 Å². The van der Waals surface area contributed by atoms with E-state index in [2.05, 4.69) is 4.98 Å². The maximum Gasteiger partial charge on any atom is 0.336 e. The Balaban J connectivity index is 1.67. The summed E-state index contributed by atoms with van der Waals surface area (Å²) in [5.41, 5.74) is 3.12. The van der Waals surface area contributed by atoms with Gasteiger partial charge in [0.1, 0.15) is 11.4 Å². The van der Waals surface area contributed by atoms with Gasteiger partial charge in [-0.05, 0) is 54.8 Å². The molecule has 0 spiro atoms. The third kappa shape index (κ3) is 3.74. The average Bonchev–Trinajstić information content (AvgIpc) is 2.81. The van der Waals surface area contributed by atoms with Gasteiger partial charge in [0.2, 0.25) is 0 Å². The predicted molar refractivity (Wildman–Crippen MR) is 129 cm³/mol. The van der Waals surface area contributed by atoms with Crippen LogP contribution in [-0.4, -0.2) is 9.55 Å². The highest BCUT2D eigenvalue weighted by Crippen LogP contribution is 2.30. The average molecular weight is 459 g/mol. The molecule has 0 unspecified atom stereocenters. The van der Waals surface area contributed by atoms with Gasteiger partial charge in [-0.25, -0.2) is 14.2 Å². The maximum absolute atomic E-state index is 14.7. The molecule has 0 saturated carbocycles. The summed E-state index contributed by atoms with van der Waals surface area (Å²) < 4.78 is 21.5. The Kier molecular flexibility index (Phi) is 5.34. The van der Waals surface area contributed by atoms with Crippen molar-refractivity contribution < 1.29 is 8.81 Å². The molecule has 5 rings (SSSR count). The number of fused-ring (bicyclic) bond motifs is 2. The third-order valence-electron chi connectivity index (χ3n) is 5.71. The van der Waals surface area contributed by atoms with Crippen LogP contribution in [0.15, 0.2) is 85.9 Å². The van der Waals surface area contributed by atoms with Gasteiger partial charge in [-0.2, -0.15) is 0 Å². The standard InChI is InChI=1S/C26H19FN2O3S/c1-15-11-12-18-17(13-23(30)32-24(18)16(15)2)14-33-26-28-21-9-5-3-7-19(21)25(31)29(26)22-10-6-4-8-20(22)27/h3-13H,14H2,1-2H3. The van der Waals surface area contributed by atoms with Crippen molar-refractivity contribution in [2.75, 3.05) is 0 Å².